The second-order valence-corrected chi connectivity index (χ2v) is 8.38. The highest BCUT2D eigenvalue weighted by atomic mass is 31.0. The molecule has 4 aromatic rings. The second kappa shape index (κ2) is 7.67. The summed E-state index contributed by atoms with van der Waals surface area (Å²) in [5.41, 5.74) is 5.27. The summed E-state index contributed by atoms with van der Waals surface area (Å²) < 4.78 is 0. The van der Waals surface area contributed by atoms with E-state index < -0.39 is 0 Å². The van der Waals surface area contributed by atoms with Crippen molar-refractivity contribution < 1.29 is 0 Å². The van der Waals surface area contributed by atoms with E-state index in [0.717, 1.165) is 34.2 Å². The Morgan fingerprint density at radius 3 is 2.53 bits per heavy atom. The lowest BCUT2D eigenvalue weighted by atomic mass is 9.80. The van der Waals surface area contributed by atoms with Crippen LogP contribution in [0.2, 0.25) is 0 Å². The van der Waals surface area contributed by atoms with Crippen molar-refractivity contribution in [2.45, 2.75) is 18.5 Å². The summed E-state index contributed by atoms with van der Waals surface area (Å²) in [5.74, 6) is -0.0245. The molecule has 30 heavy (non-hydrogen) atoms. The number of hydrogen-bond donors (Lipinski definition) is 3. The fourth-order valence-corrected chi connectivity index (χ4v) is 4.76. The molecular formula is C24H23N4OP. The van der Waals surface area contributed by atoms with Gasteiger partial charge in [-0.25, -0.2) is 5.10 Å². The molecule has 0 radical (unpaired) electrons. The van der Waals surface area contributed by atoms with E-state index in [1.807, 2.05) is 31.3 Å². The molecule has 3 unspecified atom stereocenters. The minimum atomic E-state index is -0.164. The van der Waals surface area contributed by atoms with Gasteiger partial charge in [-0.2, -0.15) is 5.10 Å². The fourth-order valence-electron chi connectivity index (χ4n) is 4.43. The molecule has 0 amide bonds. The van der Waals surface area contributed by atoms with E-state index in [-0.39, 0.29) is 17.5 Å². The highest BCUT2D eigenvalue weighted by Crippen LogP contribution is 2.46. The molecule has 3 atom stereocenters. The molecule has 0 bridgehead atoms. The van der Waals surface area contributed by atoms with Gasteiger partial charge in [0.1, 0.15) is 0 Å². The van der Waals surface area contributed by atoms with Crippen molar-refractivity contribution >= 4 is 31.0 Å². The predicted octanol–water partition coefficient (Wildman–Crippen LogP) is 3.44. The van der Waals surface area contributed by atoms with Crippen LogP contribution >= 0.6 is 9.24 Å². The number of rotatable bonds is 4. The molecule has 1 aliphatic heterocycles. The molecule has 0 fully saturated rings. The standard InChI is InChI=1S/C24H23N4OP/c1-25-13-14-7-9-16(10-8-14)22-20(15-5-3-2-4-6-15)23-21-18(24(29)28-27-23)11-17(30)12-19(21)26-22/h2-12,20,22,25-26H,13,30H2,1H3,(H,28,29). The number of H-pyrrole nitrogens is 1. The summed E-state index contributed by atoms with van der Waals surface area (Å²) >= 11 is 0. The maximum atomic E-state index is 12.5. The molecule has 0 saturated heterocycles. The number of aromatic amines is 1. The Morgan fingerprint density at radius 1 is 1.03 bits per heavy atom. The Bertz CT molecular complexity index is 1270. The first kappa shape index (κ1) is 19.0. The lowest BCUT2D eigenvalue weighted by molar-refractivity contribution is 0.638. The quantitative estimate of drug-likeness (QED) is 0.448. The number of nitrogens with one attached hydrogen (secondary N) is 3. The van der Waals surface area contributed by atoms with E-state index in [4.69, 9.17) is 0 Å². The lowest BCUT2D eigenvalue weighted by Gasteiger charge is -2.35. The minimum absolute atomic E-state index is 0.00284. The van der Waals surface area contributed by atoms with Crippen molar-refractivity contribution in [1.29, 1.82) is 0 Å². The monoisotopic (exact) mass is 414 g/mol. The highest BCUT2D eigenvalue weighted by Gasteiger charge is 2.34. The van der Waals surface area contributed by atoms with Crippen molar-refractivity contribution in [3.05, 3.63) is 99.5 Å². The maximum Gasteiger partial charge on any atom is 0.272 e. The first-order valence-electron chi connectivity index (χ1n) is 10.0. The summed E-state index contributed by atoms with van der Waals surface area (Å²) in [6, 6.07) is 23.0. The van der Waals surface area contributed by atoms with Gasteiger partial charge in [-0.3, -0.25) is 4.79 Å². The van der Waals surface area contributed by atoms with Crippen LogP contribution in [0.3, 0.4) is 0 Å². The SMILES string of the molecule is CNCc1ccc(C2Nc3cc(P)cc4c(=O)[nH]nc(c34)C2c2ccccc2)cc1. The van der Waals surface area contributed by atoms with E-state index in [9.17, 15) is 4.79 Å². The smallest absolute Gasteiger partial charge is 0.272 e. The van der Waals surface area contributed by atoms with Gasteiger partial charge < -0.3 is 10.6 Å². The van der Waals surface area contributed by atoms with Crippen LogP contribution in [0.5, 0.6) is 0 Å². The van der Waals surface area contributed by atoms with Crippen LogP contribution in [0.1, 0.15) is 34.3 Å². The number of benzene rings is 3. The predicted molar refractivity (Wildman–Crippen MR) is 126 cm³/mol. The number of aromatic nitrogens is 2. The molecule has 0 spiro atoms. The topological polar surface area (TPSA) is 69.8 Å². The van der Waals surface area contributed by atoms with Gasteiger partial charge in [-0.1, -0.05) is 54.6 Å². The van der Waals surface area contributed by atoms with Crippen LogP contribution in [0, 0.1) is 0 Å². The number of nitrogens with zero attached hydrogens (tertiary/aromatic N) is 1. The summed E-state index contributed by atoms with van der Waals surface area (Å²) in [6.45, 7) is 0.835. The molecule has 2 heterocycles. The van der Waals surface area contributed by atoms with Crippen molar-refractivity contribution in [1.82, 2.24) is 15.5 Å². The molecule has 0 saturated carbocycles. The molecule has 3 aromatic carbocycles. The van der Waals surface area contributed by atoms with Crippen LogP contribution in [0.4, 0.5) is 5.69 Å². The third kappa shape index (κ3) is 3.20. The fraction of sp³-hybridized carbons (Fsp3) is 0.167. The van der Waals surface area contributed by atoms with Gasteiger partial charge in [0.05, 0.1) is 23.0 Å². The zero-order chi connectivity index (χ0) is 20.7. The van der Waals surface area contributed by atoms with Crippen molar-refractivity contribution in [3.8, 4) is 0 Å². The summed E-state index contributed by atoms with van der Waals surface area (Å²) in [6.07, 6.45) is 0. The third-order valence-corrected chi connectivity index (χ3v) is 6.09. The van der Waals surface area contributed by atoms with Crippen LogP contribution in [-0.4, -0.2) is 17.2 Å². The number of anilines is 1. The molecule has 6 heteroatoms. The second-order valence-electron chi connectivity index (χ2n) is 7.71. The normalized spacial score (nSPS) is 17.7. The zero-order valence-corrected chi connectivity index (χ0v) is 17.8. The largest absolute Gasteiger partial charge is 0.377 e. The van der Waals surface area contributed by atoms with Gasteiger partial charge in [0.25, 0.3) is 5.56 Å². The number of hydrogen-bond acceptors (Lipinski definition) is 4. The van der Waals surface area contributed by atoms with Gasteiger partial charge in [-0.05, 0) is 41.2 Å². The van der Waals surface area contributed by atoms with Crippen LogP contribution in [0.25, 0.3) is 10.8 Å². The lowest BCUT2D eigenvalue weighted by Crippen LogP contribution is -2.28. The average molecular weight is 414 g/mol. The molecule has 5 rings (SSSR count). The average Bonchev–Trinajstić information content (AvgIpc) is 2.77. The van der Waals surface area contributed by atoms with Gasteiger partial charge in [0.15, 0.2) is 0 Å². The van der Waals surface area contributed by atoms with Crippen molar-refractivity contribution in [3.63, 3.8) is 0 Å². The minimum Gasteiger partial charge on any atom is -0.377 e. The van der Waals surface area contributed by atoms with E-state index in [1.54, 1.807) is 0 Å². The van der Waals surface area contributed by atoms with Crippen LogP contribution < -0.4 is 21.5 Å². The van der Waals surface area contributed by atoms with Gasteiger partial charge in [0, 0.05) is 17.6 Å². The Morgan fingerprint density at radius 2 is 1.80 bits per heavy atom. The summed E-state index contributed by atoms with van der Waals surface area (Å²) in [4.78, 5) is 12.5. The molecule has 150 valence electrons. The van der Waals surface area contributed by atoms with Gasteiger partial charge in [0.2, 0.25) is 0 Å². The Kier molecular flexibility index (Phi) is 4.86. The Hall–Kier alpha value is -3.01. The van der Waals surface area contributed by atoms with Gasteiger partial charge >= 0.3 is 0 Å². The summed E-state index contributed by atoms with van der Waals surface area (Å²) in [7, 11) is 4.65. The molecule has 1 aromatic heterocycles. The van der Waals surface area contributed by atoms with Crippen LogP contribution in [-0.2, 0) is 6.54 Å². The maximum absolute atomic E-state index is 12.5. The van der Waals surface area contributed by atoms with Crippen molar-refractivity contribution in [2.24, 2.45) is 0 Å². The highest BCUT2D eigenvalue weighted by molar-refractivity contribution is 7.27. The van der Waals surface area contributed by atoms with Crippen molar-refractivity contribution in [2.75, 3.05) is 12.4 Å². The first-order valence-corrected chi connectivity index (χ1v) is 10.6. The van der Waals surface area contributed by atoms with E-state index >= 15 is 0 Å². The molecule has 3 N–H and O–H groups in total. The van der Waals surface area contributed by atoms with Gasteiger partial charge in [-0.15, -0.1) is 9.24 Å². The zero-order valence-electron chi connectivity index (χ0n) is 16.6. The van der Waals surface area contributed by atoms with Crippen LogP contribution in [0.15, 0.2) is 71.5 Å². The molecule has 1 aliphatic rings. The molecule has 0 aliphatic carbocycles. The van der Waals surface area contributed by atoms with E-state index in [0.29, 0.717) is 5.39 Å². The summed E-state index contributed by atoms with van der Waals surface area (Å²) in [5, 5.41) is 16.7. The Balaban J connectivity index is 1.73. The first-order chi connectivity index (χ1) is 14.7. The van der Waals surface area contributed by atoms with E-state index in [2.05, 4.69) is 72.5 Å². The van der Waals surface area contributed by atoms with E-state index in [1.165, 1.54) is 11.1 Å². The molecular weight excluding hydrogens is 391 g/mol. The third-order valence-electron chi connectivity index (χ3n) is 5.76. The Labute approximate surface area is 177 Å². The molecule has 5 nitrogen and oxygen atoms in total.